The van der Waals surface area contributed by atoms with Gasteiger partial charge in [-0.3, -0.25) is 19.6 Å². The number of ether oxygens (including phenoxy) is 2. The van der Waals surface area contributed by atoms with E-state index in [1.807, 2.05) is 16.0 Å². The van der Waals surface area contributed by atoms with Gasteiger partial charge in [0.15, 0.2) is 0 Å². The van der Waals surface area contributed by atoms with E-state index in [4.69, 9.17) is 0 Å². The van der Waals surface area contributed by atoms with E-state index >= 15 is 0 Å². The van der Waals surface area contributed by atoms with Gasteiger partial charge in [-0.25, -0.2) is 19.0 Å². The summed E-state index contributed by atoms with van der Waals surface area (Å²) >= 11 is 0. The Balaban J connectivity index is 2.35. The summed E-state index contributed by atoms with van der Waals surface area (Å²) in [5, 5.41) is 0. The second-order valence-electron chi connectivity index (χ2n) is 6.39. The van der Waals surface area contributed by atoms with E-state index in [9.17, 15) is 24.0 Å². The van der Waals surface area contributed by atoms with Crippen molar-refractivity contribution in [2.24, 2.45) is 0 Å². The molecule has 0 unspecified atom stereocenters. The van der Waals surface area contributed by atoms with E-state index < -0.39 is 17.1 Å². The summed E-state index contributed by atoms with van der Waals surface area (Å²) in [6.45, 7) is 0. The highest BCUT2D eigenvalue weighted by atomic mass is 16.5. The zero-order chi connectivity index (χ0) is 21.4. The summed E-state index contributed by atoms with van der Waals surface area (Å²) in [6, 6.07) is 5.19. The van der Waals surface area contributed by atoms with Crippen LogP contribution in [0.5, 0.6) is 0 Å². The number of carbonyl (C=O) groups is 2. The maximum Gasteiger partial charge on any atom is 0.338 e. The molecule has 0 atom stereocenters. The first-order valence-electron chi connectivity index (χ1n) is 9.06. The Morgan fingerprint density at radius 3 is 1.69 bits per heavy atom. The maximum atomic E-state index is 12.1. The first-order chi connectivity index (χ1) is 13.8. The topological polar surface area (TPSA) is 140 Å². The molecule has 0 amide bonds. The molecule has 0 aliphatic carbocycles. The fraction of sp³-hybridized carbons (Fsp3) is 0.421. The molecule has 0 spiro atoms. The van der Waals surface area contributed by atoms with Gasteiger partial charge in [-0.2, -0.15) is 0 Å². The number of aromatic amines is 2. The fourth-order valence-electron chi connectivity index (χ4n) is 2.90. The Morgan fingerprint density at radius 2 is 1.28 bits per heavy atom. The molecule has 29 heavy (non-hydrogen) atoms. The second kappa shape index (κ2) is 10.2. The number of aryl methyl sites for hydroxylation is 2. The zero-order valence-electron chi connectivity index (χ0n) is 16.3. The van der Waals surface area contributed by atoms with Crippen molar-refractivity contribution in [2.45, 2.75) is 38.5 Å². The Hall–Kier alpha value is -3.43. The van der Waals surface area contributed by atoms with Gasteiger partial charge in [0.25, 0.3) is 0 Å². The normalized spacial score (nSPS) is 10.6. The number of rotatable bonds is 9. The van der Waals surface area contributed by atoms with Gasteiger partial charge in [0.2, 0.25) is 0 Å². The van der Waals surface area contributed by atoms with Gasteiger partial charge in [-0.1, -0.05) is 6.07 Å². The first-order valence-corrected chi connectivity index (χ1v) is 9.06. The van der Waals surface area contributed by atoms with Gasteiger partial charge in [0.1, 0.15) is 0 Å². The lowest BCUT2D eigenvalue weighted by Gasteiger charge is -2.11. The van der Waals surface area contributed by atoms with Crippen LogP contribution in [0.1, 0.15) is 36.8 Å². The van der Waals surface area contributed by atoms with Crippen molar-refractivity contribution in [3.8, 4) is 5.69 Å². The second-order valence-corrected chi connectivity index (χ2v) is 6.39. The van der Waals surface area contributed by atoms with Crippen molar-refractivity contribution in [3.05, 3.63) is 60.8 Å². The van der Waals surface area contributed by atoms with Crippen LogP contribution < -0.4 is 17.1 Å². The summed E-state index contributed by atoms with van der Waals surface area (Å²) < 4.78 is 10.1. The molecule has 0 saturated heterocycles. The van der Waals surface area contributed by atoms with Crippen LogP contribution in [0.3, 0.4) is 0 Å². The molecule has 0 saturated carbocycles. The molecule has 1 aromatic heterocycles. The number of benzene rings is 1. The molecule has 0 bridgehead atoms. The van der Waals surface area contributed by atoms with Gasteiger partial charge < -0.3 is 9.47 Å². The van der Waals surface area contributed by atoms with Gasteiger partial charge in [0, 0.05) is 12.8 Å². The Morgan fingerprint density at radius 1 is 0.828 bits per heavy atom. The minimum Gasteiger partial charge on any atom is -0.469 e. The van der Waals surface area contributed by atoms with Gasteiger partial charge >= 0.3 is 29.0 Å². The number of carbonyl (C=O) groups excluding carboxylic acids is 2. The molecule has 0 aliphatic rings. The zero-order valence-corrected chi connectivity index (χ0v) is 16.3. The number of hydrogen-bond acceptors (Lipinski definition) is 7. The molecule has 10 nitrogen and oxygen atoms in total. The van der Waals surface area contributed by atoms with Gasteiger partial charge in [-0.05, 0) is 48.9 Å². The third kappa shape index (κ3) is 6.30. The fourth-order valence-corrected chi connectivity index (χ4v) is 2.90. The Labute approximate surface area is 165 Å². The van der Waals surface area contributed by atoms with Crippen molar-refractivity contribution in [3.63, 3.8) is 0 Å². The van der Waals surface area contributed by atoms with Crippen LogP contribution >= 0.6 is 0 Å². The van der Waals surface area contributed by atoms with Crippen molar-refractivity contribution in [1.29, 1.82) is 0 Å². The van der Waals surface area contributed by atoms with E-state index in [1.54, 1.807) is 12.1 Å². The van der Waals surface area contributed by atoms with Crippen LogP contribution in [0, 0.1) is 0 Å². The molecule has 0 fully saturated rings. The molecule has 2 rings (SSSR count). The number of H-pyrrole nitrogens is 2. The van der Waals surface area contributed by atoms with E-state index in [0.717, 1.165) is 15.7 Å². The predicted octanol–water partition coefficient (Wildman–Crippen LogP) is 0.206. The lowest BCUT2D eigenvalue weighted by Crippen LogP contribution is -2.42. The van der Waals surface area contributed by atoms with Crippen molar-refractivity contribution >= 4 is 11.9 Å². The van der Waals surface area contributed by atoms with Crippen molar-refractivity contribution in [1.82, 2.24) is 14.5 Å². The number of esters is 2. The van der Waals surface area contributed by atoms with Gasteiger partial charge in [-0.15, -0.1) is 0 Å². The minimum atomic E-state index is -0.885. The summed E-state index contributed by atoms with van der Waals surface area (Å²) in [5.41, 5.74) is -0.703. The largest absolute Gasteiger partial charge is 0.469 e. The minimum absolute atomic E-state index is 0.234. The van der Waals surface area contributed by atoms with Crippen molar-refractivity contribution < 1.29 is 19.1 Å². The number of hydrogen-bond donors (Lipinski definition) is 2. The lowest BCUT2D eigenvalue weighted by molar-refractivity contribution is -0.141. The Kier molecular flexibility index (Phi) is 7.70. The molecule has 10 heteroatoms. The lowest BCUT2D eigenvalue weighted by atomic mass is 10.0. The smallest absolute Gasteiger partial charge is 0.338 e. The number of methoxy groups -OCH3 is 2. The molecular formula is C19H23N3O7. The monoisotopic (exact) mass is 405 g/mol. The number of nitrogens with one attached hydrogen (secondary N) is 2. The van der Waals surface area contributed by atoms with Crippen LogP contribution in [0.4, 0.5) is 0 Å². The highest BCUT2D eigenvalue weighted by Crippen LogP contribution is 2.17. The third-order valence-electron chi connectivity index (χ3n) is 4.29. The van der Waals surface area contributed by atoms with Crippen LogP contribution in [-0.2, 0) is 31.9 Å². The van der Waals surface area contributed by atoms with Crippen LogP contribution in [0.15, 0.2) is 32.6 Å². The van der Waals surface area contributed by atoms with E-state index in [-0.39, 0.29) is 30.5 Å². The highest BCUT2D eigenvalue weighted by molar-refractivity contribution is 5.69. The molecule has 2 aromatic rings. The molecule has 0 aliphatic heterocycles. The molecule has 0 radical (unpaired) electrons. The molecular weight excluding hydrogens is 382 g/mol. The summed E-state index contributed by atoms with van der Waals surface area (Å²) in [6.07, 6.45) is 2.55. The third-order valence-corrected chi connectivity index (χ3v) is 4.29. The standard InChI is InChI=1S/C19H23N3O7/c1-28-15(23)7-3-5-12-9-13(6-4-8-16(24)29-2)11-14(10-12)22-18(26)20-17(25)21-19(22)27/h9-11H,3-8H2,1-2H3,(H2,20,21,25,26,27). The van der Waals surface area contributed by atoms with Crippen molar-refractivity contribution in [2.75, 3.05) is 14.2 Å². The van der Waals surface area contributed by atoms with Crippen LogP contribution in [0.2, 0.25) is 0 Å². The summed E-state index contributed by atoms with van der Waals surface area (Å²) in [5.74, 6) is -0.652. The van der Waals surface area contributed by atoms with Crippen LogP contribution in [-0.4, -0.2) is 40.7 Å². The van der Waals surface area contributed by atoms with E-state index in [1.165, 1.54) is 14.2 Å². The van der Waals surface area contributed by atoms with E-state index in [2.05, 4.69) is 9.47 Å². The SMILES string of the molecule is COC(=O)CCCc1cc(CCCC(=O)OC)cc(-n2c(=O)[nH]c(=O)[nH]c2=O)c1. The number of nitrogens with zero attached hydrogens (tertiary/aromatic N) is 1. The maximum absolute atomic E-state index is 12.1. The highest BCUT2D eigenvalue weighted by Gasteiger charge is 2.11. The summed E-state index contributed by atoms with van der Waals surface area (Å²) in [4.78, 5) is 62.2. The average molecular weight is 405 g/mol. The number of aromatic nitrogens is 3. The first kappa shape index (κ1) is 21.9. The van der Waals surface area contributed by atoms with E-state index in [0.29, 0.717) is 25.7 Å². The predicted molar refractivity (Wildman–Crippen MR) is 103 cm³/mol. The molecule has 156 valence electrons. The molecule has 1 aromatic carbocycles. The molecule has 1 heterocycles. The quantitative estimate of drug-likeness (QED) is 0.568. The summed E-state index contributed by atoms with van der Waals surface area (Å²) in [7, 11) is 2.63. The van der Waals surface area contributed by atoms with Gasteiger partial charge in [0.05, 0.1) is 19.9 Å². The molecule has 2 N–H and O–H groups in total. The average Bonchev–Trinajstić information content (AvgIpc) is 2.66. The van der Waals surface area contributed by atoms with Crippen LogP contribution in [0.25, 0.3) is 5.69 Å². The Bertz CT molecular complexity index is 974.